The Kier molecular flexibility index (Phi) is 22.4. The Hall–Kier alpha value is -3.42. The van der Waals surface area contributed by atoms with E-state index in [0.29, 0.717) is 45.3 Å². The smallest absolute Gasteiger partial charge is 0.326 e. The van der Waals surface area contributed by atoms with Crippen molar-refractivity contribution < 1.29 is 53.6 Å². The first-order chi connectivity index (χ1) is 24.2. The van der Waals surface area contributed by atoms with Crippen LogP contribution < -0.4 is 16.0 Å². The zero-order valence-corrected chi connectivity index (χ0v) is 33.2. The number of carbonyl (C=O) groups is 6. The summed E-state index contributed by atoms with van der Waals surface area (Å²) in [6.07, 6.45) is 6.92. The van der Waals surface area contributed by atoms with Crippen molar-refractivity contribution in [2.24, 2.45) is 17.3 Å². The summed E-state index contributed by atoms with van der Waals surface area (Å²) in [6, 6.07) is -3.78. The quantitative estimate of drug-likeness (QED) is 0.0370. The maximum Gasteiger partial charge on any atom is 0.326 e. The highest BCUT2D eigenvalue weighted by Crippen LogP contribution is 2.41. The molecule has 6 atom stereocenters. The van der Waals surface area contributed by atoms with Crippen LogP contribution in [0.5, 0.6) is 0 Å². The van der Waals surface area contributed by atoms with Gasteiger partial charge in [-0.2, -0.15) is 0 Å². The summed E-state index contributed by atoms with van der Waals surface area (Å²) in [7, 11) is 0. The number of carboxylic acids is 3. The van der Waals surface area contributed by atoms with E-state index in [0.717, 1.165) is 38.5 Å². The average molecular weight is 744 g/mol. The normalized spacial score (nSPS) is 16.2. The van der Waals surface area contributed by atoms with Gasteiger partial charge in [0.05, 0.1) is 18.1 Å². The van der Waals surface area contributed by atoms with Crippen molar-refractivity contribution in [3.63, 3.8) is 0 Å². The second-order valence-corrected chi connectivity index (χ2v) is 15.2. The third-order valence-electron chi connectivity index (χ3n) is 11.0. The summed E-state index contributed by atoms with van der Waals surface area (Å²) < 4.78 is 12.7. The Morgan fingerprint density at radius 3 is 1.83 bits per heavy atom. The van der Waals surface area contributed by atoms with E-state index in [2.05, 4.69) is 64.4 Å². The van der Waals surface area contributed by atoms with Crippen LogP contribution in [0.1, 0.15) is 152 Å². The van der Waals surface area contributed by atoms with Crippen LogP contribution >= 0.6 is 0 Å². The maximum absolute atomic E-state index is 13.1. The first-order valence-electron chi connectivity index (χ1n) is 19.0. The fourth-order valence-electron chi connectivity index (χ4n) is 5.54. The number of carbonyl (C=O) groups excluding carboxylic acids is 3. The maximum atomic E-state index is 13.1. The van der Waals surface area contributed by atoms with E-state index in [4.69, 9.17) is 14.6 Å². The number of amides is 3. The predicted octanol–water partition coefficient (Wildman–Crippen LogP) is 6.29. The SMILES string of the molecule is CCC(C)C(C)C(=O)OC(C)(CCOC(C)(CC)CCCCCC(=O)NCCCC[C@H](NC(=O)NC(CCC(=O)O)C(=O)O)C(=O)O)C(C)(C)CC. The number of esters is 1. The van der Waals surface area contributed by atoms with E-state index in [-0.39, 0.29) is 47.6 Å². The fraction of sp³-hybridized carbons (Fsp3) is 0.842. The van der Waals surface area contributed by atoms with Gasteiger partial charge in [0.1, 0.15) is 17.7 Å². The van der Waals surface area contributed by atoms with Crippen molar-refractivity contribution in [3.05, 3.63) is 0 Å². The van der Waals surface area contributed by atoms with E-state index in [1.54, 1.807) is 0 Å². The van der Waals surface area contributed by atoms with Crippen LogP contribution in [-0.4, -0.2) is 87.6 Å². The first-order valence-corrected chi connectivity index (χ1v) is 19.0. The lowest BCUT2D eigenvalue weighted by molar-refractivity contribution is -0.184. The van der Waals surface area contributed by atoms with Gasteiger partial charge in [0, 0.05) is 31.2 Å². The molecule has 0 aromatic heterocycles. The van der Waals surface area contributed by atoms with Crippen LogP contribution in [0.4, 0.5) is 4.79 Å². The Morgan fingerprint density at radius 2 is 1.31 bits per heavy atom. The minimum absolute atomic E-state index is 0.0575. The molecule has 14 nitrogen and oxygen atoms in total. The van der Waals surface area contributed by atoms with Gasteiger partial charge in [0.25, 0.3) is 0 Å². The summed E-state index contributed by atoms with van der Waals surface area (Å²) >= 11 is 0. The van der Waals surface area contributed by atoms with Gasteiger partial charge in [0.2, 0.25) is 5.91 Å². The second-order valence-electron chi connectivity index (χ2n) is 15.2. The summed E-state index contributed by atoms with van der Waals surface area (Å²) in [6.45, 7) is 19.5. The lowest BCUT2D eigenvalue weighted by Crippen LogP contribution is -2.51. The van der Waals surface area contributed by atoms with Gasteiger partial charge in [0.15, 0.2) is 0 Å². The van der Waals surface area contributed by atoms with E-state index in [9.17, 15) is 39.0 Å². The molecule has 52 heavy (non-hydrogen) atoms. The van der Waals surface area contributed by atoms with E-state index < -0.39 is 48.0 Å². The number of hydrogen-bond donors (Lipinski definition) is 6. The van der Waals surface area contributed by atoms with Crippen LogP contribution in [-0.2, 0) is 33.4 Å². The molecule has 0 heterocycles. The monoisotopic (exact) mass is 743 g/mol. The van der Waals surface area contributed by atoms with Crippen LogP contribution in [0, 0.1) is 17.3 Å². The highest BCUT2D eigenvalue weighted by Gasteiger charge is 2.44. The van der Waals surface area contributed by atoms with Crippen molar-refractivity contribution in [2.45, 2.75) is 175 Å². The average Bonchev–Trinajstić information content (AvgIpc) is 3.07. The molecule has 0 saturated carbocycles. The standard InChI is InChI=1S/C38H69N3O11/c1-10-26(4)27(5)34(49)52-38(9,36(6,7)11-2)23-25-51-37(8,12-3)22-16-13-14-19-30(42)39-24-17-15-18-28(32(45)46)40-35(50)41-29(33(47)48)20-21-31(43)44/h26-29H,10-25H2,1-9H3,(H,39,42)(H,43,44)(H,45,46)(H,47,48)(H2,40,41,50)/t26?,27?,28-,29?,37?,38?/m0/s1. The Morgan fingerprint density at radius 1 is 0.712 bits per heavy atom. The summed E-state index contributed by atoms with van der Waals surface area (Å²) in [5, 5.41) is 34.5. The molecule has 0 spiro atoms. The number of nitrogens with one attached hydrogen (secondary N) is 3. The molecule has 0 aromatic carbocycles. The highest BCUT2D eigenvalue weighted by molar-refractivity contribution is 5.86. The lowest BCUT2D eigenvalue weighted by atomic mass is 9.72. The van der Waals surface area contributed by atoms with Crippen molar-refractivity contribution in [1.29, 1.82) is 0 Å². The lowest BCUT2D eigenvalue weighted by Gasteiger charge is -2.44. The zero-order valence-electron chi connectivity index (χ0n) is 33.2. The van der Waals surface area contributed by atoms with Crippen LogP contribution in [0.15, 0.2) is 0 Å². The molecule has 0 aliphatic rings. The molecule has 0 aromatic rings. The molecule has 0 rings (SSSR count). The van der Waals surface area contributed by atoms with Gasteiger partial charge >= 0.3 is 29.9 Å². The van der Waals surface area contributed by atoms with E-state index in [1.165, 1.54) is 0 Å². The fourth-order valence-corrected chi connectivity index (χ4v) is 5.54. The number of hydrogen-bond acceptors (Lipinski definition) is 8. The van der Waals surface area contributed by atoms with Gasteiger partial charge in [-0.15, -0.1) is 0 Å². The minimum atomic E-state index is -1.47. The van der Waals surface area contributed by atoms with Crippen molar-refractivity contribution in [1.82, 2.24) is 16.0 Å². The Labute approximate surface area is 310 Å². The Bertz CT molecular complexity index is 1150. The third-order valence-corrected chi connectivity index (χ3v) is 11.0. The largest absolute Gasteiger partial charge is 0.481 e. The van der Waals surface area contributed by atoms with Gasteiger partial charge in [-0.05, 0) is 71.1 Å². The molecular weight excluding hydrogens is 674 g/mol. The molecule has 0 aliphatic heterocycles. The number of carboxylic acid groups (broad SMARTS) is 3. The second kappa shape index (κ2) is 24.0. The van der Waals surface area contributed by atoms with Crippen molar-refractivity contribution in [2.75, 3.05) is 13.2 Å². The summed E-state index contributed by atoms with van der Waals surface area (Å²) in [5.74, 6) is -4.14. The van der Waals surface area contributed by atoms with Gasteiger partial charge in [-0.1, -0.05) is 67.7 Å². The number of unbranched alkanes of at least 4 members (excludes halogenated alkanes) is 3. The number of ether oxygens (including phenoxy) is 2. The number of urea groups is 1. The van der Waals surface area contributed by atoms with Crippen molar-refractivity contribution >= 4 is 35.8 Å². The molecular formula is C38H69N3O11. The Balaban J connectivity index is 4.62. The summed E-state index contributed by atoms with van der Waals surface area (Å²) in [4.78, 5) is 71.1. The molecule has 0 bridgehead atoms. The molecule has 0 radical (unpaired) electrons. The predicted molar refractivity (Wildman–Crippen MR) is 198 cm³/mol. The molecule has 302 valence electrons. The molecule has 0 fully saturated rings. The first kappa shape index (κ1) is 48.6. The molecule has 14 heteroatoms. The number of rotatable bonds is 29. The van der Waals surface area contributed by atoms with Crippen molar-refractivity contribution in [3.8, 4) is 0 Å². The molecule has 0 aliphatic carbocycles. The molecule has 0 saturated heterocycles. The molecule has 5 unspecified atom stereocenters. The van der Waals surface area contributed by atoms with E-state index >= 15 is 0 Å². The van der Waals surface area contributed by atoms with Crippen LogP contribution in [0.2, 0.25) is 0 Å². The molecule has 6 N–H and O–H groups in total. The van der Waals surface area contributed by atoms with Gasteiger partial charge < -0.3 is 40.7 Å². The molecule has 3 amide bonds. The third kappa shape index (κ3) is 18.4. The van der Waals surface area contributed by atoms with Gasteiger partial charge in [-0.25, -0.2) is 14.4 Å². The highest BCUT2D eigenvalue weighted by atomic mass is 16.6. The zero-order chi connectivity index (χ0) is 40.1. The summed E-state index contributed by atoms with van der Waals surface area (Å²) in [5.41, 5.74) is -1.25. The van der Waals surface area contributed by atoms with Crippen LogP contribution in [0.3, 0.4) is 0 Å². The van der Waals surface area contributed by atoms with Gasteiger partial charge in [-0.3, -0.25) is 14.4 Å². The topological polar surface area (TPSA) is 218 Å². The van der Waals surface area contributed by atoms with Crippen LogP contribution in [0.25, 0.3) is 0 Å². The van der Waals surface area contributed by atoms with E-state index in [1.807, 2.05) is 13.8 Å². The number of aliphatic carboxylic acids is 3. The minimum Gasteiger partial charge on any atom is -0.481 e.